The Hall–Kier alpha value is -1.87. The number of halogens is 1. The highest BCUT2D eigenvalue weighted by atomic mass is 35.5. The molecule has 0 aliphatic heterocycles. The quantitative estimate of drug-likeness (QED) is 0.888. The van der Waals surface area contributed by atoms with Crippen molar-refractivity contribution >= 4 is 24.6 Å². The Bertz CT molecular complexity index is 512. The molecule has 1 heterocycles. The van der Waals surface area contributed by atoms with Gasteiger partial charge in [0.15, 0.2) is 0 Å². The number of phenolic OH excluding ortho intramolecular Hbond substituents is 1. The molecule has 0 fully saturated rings. The minimum absolute atomic E-state index is 0. The van der Waals surface area contributed by atoms with Crippen LogP contribution in [-0.4, -0.2) is 15.1 Å². The van der Waals surface area contributed by atoms with Crippen molar-refractivity contribution in [3.63, 3.8) is 0 Å². The first-order chi connectivity index (χ1) is 7.75. The molecule has 0 radical (unpaired) electrons. The lowest BCUT2D eigenvalue weighted by atomic mass is 10.1. The van der Waals surface area contributed by atoms with Gasteiger partial charge in [0.2, 0.25) is 0 Å². The number of aryl methyl sites for hydroxylation is 1. The minimum Gasteiger partial charge on any atom is -0.507 e. The van der Waals surface area contributed by atoms with Gasteiger partial charge in [-0.2, -0.15) is 0 Å². The van der Waals surface area contributed by atoms with Crippen LogP contribution < -0.4 is 0 Å². The molecule has 1 N–H and O–H groups in total. The van der Waals surface area contributed by atoms with Crippen molar-refractivity contribution in [2.24, 2.45) is 0 Å². The number of hydrogen-bond donors (Lipinski definition) is 1. The third kappa shape index (κ3) is 3.57. The summed E-state index contributed by atoms with van der Waals surface area (Å²) in [6.07, 6.45) is 8.58. The second kappa shape index (κ2) is 6.01. The first-order valence-corrected chi connectivity index (χ1v) is 4.99. The molecule has 1 aromatic heterocycles. The number of aromatic nitrogens is 2. The Morgan fingerprint density at radius 1 is 1.18 bits per heavy atom. The molecular formula is C13H13ClN2O. The number of hydrogen-bond acceptors (Lipinski definition) is 3. The number of aromatic hydroxyl groups is 1. The highest BCUT2D eigenvalue weighted by Gasteiger charge is 1.96. The van der Waals surface area contributed by atoms with Gasteiger partial charge in [0.1, 0.15) is 5.75 Å². The molecular weight excluding hydrogens is 236 g/mol. The van der Waals surface area contributed by atoms with Crippen molar-refractivity contribution in [1.29, 1.82) is 0 Å². The van der Waals surface area contributed by atoms with Gasteiger partial charge in [-0.05, 0) is 31.2 Å². The van der Waals surface area contributed by atoms with Gasteiger partial charge in [0.25, 0.3) is 0 Å². The van der Waals surface area contributed by atoms with Crippen molar-refractivity contribution < 1.29 is 5.11 Å². The normalized spacial score (nSPS) is 10.2. The van der Waals surface area contributed by atoms with Gasteiger partial charge in [-0.25, -0.2) is 0 Å². The molecule has 0 saturated carbocycles. The standard InChI is InChI=1S/C13H12N2O.ClH/c1-10-2-5-13(16)11(8-10)3-4-12-9-14-6-7-15-12;/h2-9,16H,1H3;1H/b4-3+;. The second-order valence-corrected chi connectivity index (χ2v) is 3.53. The van der Waals surface area contributed by atoms with Crippen molar-refractivity contribution in [3.05, 3.63) is 53.6 Å². The number of phenols is 1. The largest absolute Gasteiger partial charge is 0.507 e. The SMILES string of the molecule is Cc1ccc(O)c(/C=C/c2cnccn2)c1.Cl. The van der Waals surface area contributed by atoms with Gasteiger partial charge >= 0.3 is 0 Å². The van der Waals surface area contributed by atoms with E-state index in [2.05, 4.69) is 9.97 Å². The molecule has 17 heavy (non-hydrogen) atoms. The zero-order valence-electron chi connectivity index (χ0n) is 9.37. The van der Waals surface area contributed by atoms with Gasteiger partial charge in [-0.15, -0.1) is 12.4 Å². The number of rotatable bonds is 2. The molecule has 0 atom stereocenters. The van der Waals surface area contributed by atoms with E-state index in [1.807, 2.05) is 31.2 Å². The summed E-state index contributed by atoms with van der Waals surface area (Å²) in [6, 6.07) is 5.48. The fraction of sp³-hybridized carbons (Fsp3) is 0.0769. The molecule has 4 heteroatoms. The van der Waals surface area contributed by atoms with Crippen LogP contribution in [-0.2, 0) is 0 Å². The summed E-state index contributed by atoms with van der Waals surface area (Å²) in [5.41, 5.74) is 2.66. The van der Waals surface area contributed by atoms with Crippen molar-refractivity contribution in [3.8, 4) is 5.75 Å². The van der Waals surface area contributed by atoms with Crippen LogP contribution in [0.4, 0.5) is 0 Å². The first kappa shape index (κ1) is 13.2. The average molecular weight is 249 g/mol. The van der Waals surface area contributed by atoms with Gasteiger partial charge in [0.05, 0.1) is 11.9 Å². The Morgan fingerprint density at radius 2 is 2.00 bits per heavy atom. The molecule has 2 rings (SSSR count). The number of nitrogens with zero attached hydrogens (tertiary/aromatic N) is 2. The van der Waals surface area contributed by atoms with E-state index in [-0.39, 0.29) is 18.2 Å². The maximum Gasteiger partial charge on any atom is 0.122 e. The average Bonchev–Trinajstić information content (AvgIpc) is 2.32. The van der Waals surface area contributed by atoms with E-state index >= 15 is 0 Å². The van der Waals surface area contributed by atoms with Gasteiger partial charge < -0.3 is 5.11 Å². The Labute approximate surface area is 106 Å². The second-order valence-electron chi connectivity index (χ2n) is 3.53. The first-order valence-electron chi connectivity index (χ1n) is 4.99. The van der Waals surface area contributed by atoms with Gasteiger partial charge in [-0.3, -0.25) is 9.97 Å². The van der Waals surface area contributed by atoms with Crippen LogP contribution in [0.5, 0.6) is 5.75 Å². The third-order valence-electron chi connectivity index (χ3n) is 2.20. The summed E-state index contributed by atoms with van der Waals surface area (Å²) in [7, 11) is 0. The lowest BCUT2D eigenvalue weighted by molar-refractivity contribution is 0.474. The summed E-state index contributed by atoms with van der Waals surface area (Å²) in [6.45, 7) is 1.99. The molecule has 0 amide bonds. The molecule has 0 spiro atoms. The predicted octanol–water partition coefficient (Wildman–Crippen LogP) is 3.08. The molecule has 3 nitrogen and oxygen atoms in total. The Morgan fingerprint density at radius 3 is 2.71 bits per heavy atom. The van der Waals surface area contributed by atoms with Gasteiger partial charge in [-0.1, -0.05) is 11.6 Å². The molecule has 0 aliphatic rings. The summed E-state index contributed by atoms with van der Waals surface area (Å²) in [5, 5.41) is 9.63. The molecule has 0 unspecified atom stereocenters. The highest BCUT2D eigenvalue weighted by molar-refractivity contribution is 5.85. The molecule has 0 bridgehead atoms. The topological polar surface area (TPSA) is 46.0 Å². The predicted molar refractivity (Wildman–Crippen MR) is 71.1 cm³/mol. The summed E-state index contributed by atoms with van der Waals surface area (Å²) < 4.78 is 0. The molecule has 0 saturated heterocycles. The molecule has 2 aromatic rings. The van der Waals surface area contributed by atoms with Crippen molar-refractivity contribution in [1.82, 2.24) is 9.97 Å². The zero-order valence-corrected chi connectivity index (χ0v) is 10.2. The Kier molecular flexibility index (Phi) is 4.67. The van der Waals surface area contributed by atoms with E-state index in [0.717, 1.165) is 16.8 Å². The van der Waals surface area contributed by atoms with Crippen LogP contribution in [0.2, 0.25) is 0 Å². The van der Waals surface area contributed by atoms with Crippen LogP contribution in [0.3, 0.4) is 0 Å². The molecule has 88 valence electrons. The lowest BCUT2D eigenvalue weighted by Crippen LogP contribution is -1.81. The maximum atomic E-state index is 9.63. The van der Waals surface area contributed by atoms with E-state index in [9.17, 15) is 5.11 Å². The fourth-order valence-corrected chi connectivity index (χ4v) is 1.38. The summed E-state index contributed by atoms with van der Waals surface area (Å²) in [5.74, 6) is 0.269. The highest BCUT2D eigenvalue weighted by Crippen LogP contribution is 2.20. The van der Waals surface area contributed by atoms with Crippen LogP contribution >= 0.6 is 12.4 Å². The lowest BCUT2D eigenvalue weighted by Gasteiger charge is -2.00. The maximum absolute atomic E-state index is 9.63. The van der Waals surface area contributed by atoms with E-state index in [1.165, 1.54) is 0 Å². The van der Waals surface area contributed by atoms with Crippen LogP contribution in [0.15, 0.2) is 36.8 Å². The zero-order chi connectivity index (χ0) is 11.4. The van der Waals surface area contributed by atoms with Crippen molar-refractivity contribution in [2.75, 3.05) is 0 Å². The Balaban J connectivity index is 0.00000144. The number of benzene rings is 1. The smallest absolute Gasteiger partial charge is 0.122 e. The van der Waals surface area contributed by atoms with E-state index in [1.54, 1.807) is 24.7 Å². The van der Waals surface area contributed by atoms with E-state index in [0.29, 0.717) is 0 Å². The fourth-order valence-electron chi connectivity index (χ4n) is 1.38. The van der Waals surface area contributed by atoms with Crippen LogP contribution in [0.25, 0.3) is 12.2 Å². The van der Waals surface area contributed by atoms with Crippen LogP contribution in [0, 0.1) is 6.92 Å². The minimum atomic E-state index is 0. The molecule has 1 aromatic carbocycles. The van der Waals surface area contributed by atoms with Gasteiger partial charge in [0, 0.05) is 18.0 Å². The summed E-state index contributed by atoms with van der Waals surface area (Å²) >= 11 is 0. The molecule has 0 aliphatic carbocycles. The van der Waals surface area contributed by atoms with E-state index in [4.69, 9.17) is 0 Å². The third-order valence-corrected chi connectivity index (χ3v) is 2.20. The summed E-state index contributed by atoms with van der Waals surface area (Å²) in [4.78, 5) is 8.08. The van der Waals surface area contributed by atoms with E-state index < -0.39 is 0 Å². The van der Waals surface area contributed by atoms with Crippen molar-refractivity contribution in [2.45, 2.75) is 6.92 Å². The monoisotopic (exact) mass is 248 g/mol. The van der Waals surface area contributed by atoms with Crippen LogP contribution in [0.1, 0.15) is 16.8 Å².